The maximum atomic E-state index is 13.4. The van der Waals surface area contributed by atoms with Gasteiger partial charge in [-0.05, 0) is 80.3 Å². The summed E-state index contributed by atoms with van der Waals surface area (Å²) < 4.78 is 17.0. The molecule has 3 aromatic carbocycles. The molecular formula is C32H38Cl2N2O6. The number of carboxylic acids is 1. The van der Waals surface area contributed by atoms with Crippen LogP contribution in [0.3, 0.4) is 0 Å². The summed E-state index contributed by atoms with van der Waals surface area (Å²) in [5, 5.41) is 13.4. The lowest BCUT2D eigenvalue weighted by atomic mass is 10.1. The molecule has 8 nitrogen and oxygen atoms in total. The largest absolute Gasteiger partial charge is 0.492 e. The summed E-state index contributed by atoms with van der Waals surface area (Å²) in [6.07, 6.45) is -0.635. The SMILES string of the molecule is CCOC(Cc1ccc(OCCN(CCOCc2cc(Cl)cc(Cl)c2)C(=O)Nc2c(C)cc(C)cc2C)cc1)C(=O)O. The molecule has 3 rings (SSSR count). The number of rotatable bonds is 15. The number of halogens is 2. The van der Waals surface area contributed by atoms with Crippen molar-refractivity contribution in [1.29, 1.82) is 0 Å². The lowest BCUT2D eigenvalue weighted by Crippen LogP contribution is -2.40. The van der Waals surface area contributed by atoms with E-state index >= 15 is 0 Å². The van der Waals surface area contributed by atoms with Crippen molar-refractivity contribution < 1.29 is 28.9 Å². The Hall–Kier alpha value is -3.30. The Morgan fingerprint density at radius 3 is 2.12 bits per heavy atom. The second kappa shape index (κ2) is 16.4. The number of carbonyl (C=O) groups excluding carboxylic acids is 1. The van der Waals surface area contributed by atoms with Crippen LogP contribution in [0.25, 0.3) is 0 Å². The van der Waals surface area contributed by atoms with Crippen molar-refractivity contribution >= 4 is 40.9 Å². The first-order chi connectivity index (χ1) is 20.0. The van der Waals surface area contributed by atoms with Gasteiger partial charge in [-0.1, -0.05) is 53.0 Å². The van der Waals surface area contributed by atoms with Crippen LogP contribution in [-0.2, 0) is 27.3 Å². The van der Waals surface area contributed by atoms with Gasteiger partial charge in [-0.3, -0.25) is 0 Å². The topological polar surface area (TPSA) is 97.3 Å². The van der Waals surface area contributed by atoms with Gasteiger partial charge in [0.05, 0.1) is 19.8 Å². The van der Waals surface area contributed by atoms with E-state index in [0.29, 0.717) is 48.7 Å². The van der Waals surface area contributed by atoms with E-state index in [1.54, 1.807) is 42.2 Å². The molecule has 2 amide bonds. The van der Waals surface area contributed by atoms with Crippen LogP contribution in [0.5, 0.6) is 5.75 Å². The Labute approximate surface area is 257 Å². The van der Waals surface area contributed by atoms with Crippen LogP contribution in [0.4, 0.5) is 10.5 Å². The smallest absolute Gasteiger partial charge is 0.333 e. The average molecular weight is 618 g/mol. The molecule has 10 heteroatoms. The van der Waals surface area contributed by atoms with Gasteiger partial charge in [0.1, 0.15) is 12.4 Å². The monoisotopic (exact) mass is 616 g/mol. The van der Waals surface area contributed by atoms with Crippen LogP contribution in [0.15, 0.2) is 54.6 Å². The fourth-order valence-electron chi connectivity index (χ4n) is 4.57. The Bertz CT molecular complexity index is 1310. The van der Waals surface area contributed by atoms with Crippen molar-refractivity contribution in [2.24, 2.45) is 0 Å². The summed E-state index contributed by atoms with van der Waals surface area (Å²) >= 11 is 12.2. The van der Waals surface area contributed by atoms with Crippen LogP contribution in [0.1, 0.15) is 34.7 Å². The third-order valence-electron chi connectivity index (χ3n) is 6.51. The number of urea groups is 1. The zero-order valence-corrected chi connectivity index (χ0v) is 25.9. The number of amides is 2. The van der Waals surface area contributed by atoms with Gasteiger partial charge in [0.25, 0.3) is 0 Å². The van der Waals surface area contributed by atoms with Crippen LogP contribution < -0.4 is 10.1 Å². The van der Waals surface area contributed by atoms with E-state index in [1.807, 2.05) is 45.0 Å². The van der Waals surface area contributed by atoms with Crippen molar-refractivity contribution in [3.8, 4) is 5.75 Å². The van der Waals surface area contributed by atoms with Gasteiger partial charge in [0.2, 0.25) is 0 Å². The standard InChI is InChI=1S/C32H38Cl2N2O6/c1-5-41-29(31(37)38)18-24-6-8-28(9-7-24)42-13-11-36(10-12-40-20-25-16-26(33)19-27(34)17-25)32(39)35-30-22(3)14-21(2)15-23(30)4/h6-9,14-17,19,29H,5,10-13,18,20H2,1-4H3,(H,35,39)(H,37,38). The number of nitrogens with zero attached hydrogens (tertiary/aromatic N) is 1. The molecule has 1 atom stereocenters. The van der Waals surface area contributed by atoms with Gasteiger partial charge in [-0.2, -0.15) is 0 Å². The first kappa shape index (κ1) is 33.2. The zero-order chi connectivity index (χ0) is 30.6. The molecule has 2 N–H and O–H groups in total. The summed E-state index contributed by atoms with van der Waals surface area (Å²) in [6, 6.07) is 16.2. The molecule has 1 unspecified atom stereocenters. The summed E-state index contributed by atoms with van der Waals surface area (Å²) in [6.45, 7) is 9.55. The van der Waals surface area contributed by atoms with Crippen LogP contribution in [0.2, 0.25) is 10.0 Å². The lowest BCUT2D eigenvalue weighted by molar-refractivity contribution is -0.149. The number of anilines is 1. The summed E-state index contributed by atoms with van der Waals surface area (Å²) in [5.41, 5.74) is 5.56. The molecule has 0 aliphatic rings. The minimum atomic E-state index is -0.994. The van der Waals surface area contributed by atoms with E-state index in [9.17, 15) is 14.7 Å². The molecule has 3 aromatic rings. The zero-order valence-electron chi connectivity index (χ0n) is 24.4. The molecule has 0 radical (unpaired) electrons. The predicted octanol–water partition coefficient (Wildman–Crippen LogP) is 7.08. The van der Waals surface area contributed by atoms with Gasteiger partial charge in [-0.15, -0.1) is 0 Å². The van der Waals surface area contributed by atoms with Gasteiger partial charge >= 0.3 is 12.0 Å². The van der Waals surface area contributed by atoms with Gasteiger partial charge in [0.15, 0.2) is 6.10 Å². The number of hydrogen-bond donors (Lipinski definition) is 2. The Balaban J connectivity index is 1.61. The normalized spacial score (nSPS) is 11.7. The molecule has 226 valence electrons. The predicted molar refractivity (Wildman–Crippen MR) is 166 cm³/mol. The van der Waals surface area contributed by atoms with Crippen molar-refractivity contribution in [3.05, 3.63) is 92.5 Å². The minimum Gasteiger partial charge on any atom is -0.492 e. The first-order valence-electron chi connectivity index (χ1n) is 13.8. The third kappa shape index (κ3) is 10.5. The molecule has 0 saturated heterocycles. The van der Waals surface area contributed by atoms with E-state index in [4.69, 9.17) is 37.4 Å². The molecule has 0 aromatic heterocycles. The average Bonchev–Trinajstić information content (AvgIpc) is 2.92. The Kier molecular flexibility index (Phi) is 12.9. The highest BCUT2D eigenvalue weighted by Gasteiger charge is 2.19. The second-order valence-electron chi connectivity index (χ2n) is 10.00. The van der Waals surface area contributed by atoms with E-state index in [2.05, 4.69) is 5.32 Å². The Morgan fingerprint density at radius 2 is 1.52 bits per heavy atom. The van der Waals surface area contributed by atoms with Gasteiger partial charge in [0, 0.05) is 35.3 Å². The number of aliphatic carboxylic acids is 1. The van der Waals surface area contributed by atoms with Crippen LogP contribution in [-0.4, -0.2) is 61.0 Å². The molecular weight excluding hydrogens is 579 g/mol. The molecule has 0 aliphatic heterocycles. The van der Waals surface area contributed by atoms with Crippen molar-refractivity contribution in [1.82, 2.24) is 4.90 Å². The van der Waals surface area contributed by atoms with E-state index < -0.39 is 12.1 Å². The van der Waals surface area contributed by atoms with Crippen molar-refractivity contribution in [2.75, 3.05) is 38.2 Å². The van der Waals surface area contributed by atoms with Gasteiger partial charge in [-0.25, -0.2) is 9.59 Å². The van der Waals surface area contributed by atoms with E-state index in [-0.39, 0.29) is 19.1 Å². The summed E-state index contributed by atoms with van der Waals surface area (Å²) in [5.74, 6) is -0.381. The highest BCUT2D eigenvalue weighted by atomic mass is 35.5. The highest BCUT2D eigenvalue weighted by molar-refractivity contribution is 6.34. The van der Waals surface area contributed by atoms with Crippen molar-refractivity contribution in [2.45, 2.75) is 46.8 Å². The summed E-state index contributed by atoms with van der Waals surface area (Å²) in [7, 11) is 0. The number of ether oxygens (including phenoxy) is 3. The van der Waals surface area contributed by atoms with Gasteiger partial charge < -0.3 is 29.5 Å². The maximum Gasteiger partial charge on any atom is 0.333 e. The number of aryl methyl sites for hydroxylation is 3. The Morgan fingerprint density at radius 1 is 0.905 bits per heavy atom. The number of benzene rings is 3. The van der Waals surface area contributed by atoms with Crippen LogP contribution in [0, 0.1) is 20.8 Å². The molecule has 0 heterocycles. The maximum absolute atomic E-state index is 13.4. The molecule has 0 aliphatic carbocycles. The number of carboxylic acid groups (broad SMARTS) is 1. The summed E-state index contributed by atoms with van der Waals surface area (Å²) in [4.78, 5) is 26.4. The fraction of sp³-hybridized carbons (Fsp3) is 0.375. The molecule has 0 spiro atoms. The molecule has 0 saturated carbocycles. The number of nitrogens with one attached hydrogen (secondary N) is 1. The molecule has 42 heavy (non-hydrogen) atoms. The highest BCUT2D eigenvalue weighted by Crippen LogP contribution is 2.23. The van der Waals surface area contributed by atoms with E-state index in [0.717, 1.165) is 33.5 Å². The van der Waals surface area contributed by atoms with E-state index in [1.165, 1.54) is 0 Å². The molecule has 0 fully saturated rings. The second-order valence-corrected chi connectivity index (χ2v) is 10.9. The third-order valence-corrected chi connectivity index (χ3v) is 6.95. The lowest BCUT2D eigenvalue weighted by Gasteiger charge is -2.24. The fourth-order valence-corrected chi connectivity index (χ4v) is 5.14. The quantitative estimate of drug-likeness (QED) is 0.177. The molecule has 0 bridgehead atoms. The first-order valence-corrected chi connectivity index (χ1v) is 14.5. The number of carbonyl (C=O) groups is 2. The van der Waals surface area contributed by atoms with Crippen molar-refractivity contribution in [3.63, 3.8) is 0 Å². The van der Waals surface area contributed by atoms with Crippen LogP contribution >= 0.6 is 23.2 Å². The minimum absolute atomic E-state index is 0.249. The number of hydrogen-bond acceptors (Lipinski definition) is 5.